The molecule has 0 aliphatic carbocycles. The van der Waals surface area contributed by atoms with Gasteiger partial charge in [0, 0.05) is 20.0 Å². The molecule has 1 N–H and O–H groups in total. The molecule has 1 amide bonds. The fraction of sp³-hybridized carbons (Fsp3) is 0.519. The van der Waals surface area contributed by atoms with Crippen molar-refractivity contribution in [2.75, 3.05) is 26.2 Å². The first-order chi connectivity index (χ1) is 15.9. The van der Waals surface area contributed by atoms with Crippen LogP contribution in [0.3, 0.4) is 0 Å². The highest BCUT2D eigenvalue weighted by Gasteiger charge is 2.54. The molecule has 1 unspecified atom stereocenters. The second-order valence-electron chi connectivity index (χ2n) is 9.94. The van der Waals surface area contributed by atoms with E-state index in [-0.39, 0.29) is 30.3 Å². The van der Waals surface area contributed by atoms with Crippen LogP contribution in [0.5, 0.6) is 0 Å². The van der Waals surface area contributed by atoms with Crippen LogP contribution in [0.1, 0.15) is 45.3 Å². The standard InChI is InChI=1S/C27H35N3O3/c1-19(31)28-17-23-25-24(32-27(2,3)33-25)18-30(23)26(29-15-7-8-16-29)22-13-11-21(12-14-22)20-9-5-4-6-10-20/h4-6,9-14,23-26H,7-8,15-18H2,1-3H3,(H,28,31)/t23-,24-,25+,26?/m0/s1. The van der Waals surface area contributed by atoms with E-state index >= 15 is 0 Å². The number of benzene rings is 2. The van der Waals surface area contributed by atoms with Crippen LogP contribution in [0.25, 0.3) is 11.1 Å². The Hall–Kier alpha value is -2.25. The molecule has 0 bridgehead atoms. The Morgan fingerprint density at radius 3 is 2.36 bits per heavy atom. The number of likely N-dealkylation sites (tertiary alicyclic amines) is 2. The highest BCUT2D eigenvalue weighted by atomic mass is 16.8. The van der Waals surface area contributed by atoms with Crippen molar-refractivity contribution >= 4 is 5.91 Å². The van der Waals surface area contributed by atoms with E-state index in [0.717, 1.165) is 19.6 Å². The summed E-state index contributed by atoms with van der Waals surface area (Å²) in [7, 11) is 0. The second kappa shape index (κ2) is 9.18. The zero-order chi connectivity index (χ0) is 23.0. The van der Waals surface area contributed by atoms with E-state index in [2.05, 4.69) is 63.6 Å². The molecule has 6 nitrogen and oxygen atoms in total. The molecule has 3 saturated heterocycles. The molecular weight excluding hydrogens is 414 g/mol. The van der Waals surface area contributed by atoms with Crippen LogP contribution in [0.4, 0.5) is 0 Å². The number of carbonyl (C=O) groups is 1. The Labute approximate surface area is 196 Å². The van der Waals surface area contributed by atoms with Crippen molar-refractivity contribution in [2.24, 2.45) is 0 Å². The van der Waals surface area contributed by atoms with Crippen LogP contribution in [0, 0.1) is 0 Å². The molecule has 0 aromatic heterocycles. The Morgan fingerprint density at radius 1 is 1.03 bits per heavy atom. The van der Waals surface area contributed by atoms with Gasteiger partial charge in [0.2, 0.25) is 5.91 Å². The average Bonchev–Trinajstić information content (AvgIpc) is 3.49. The Morgan fingerprint density at radius 2 is 1.70 bits per heavy atom. The van der Waals surface area contributed by atoms with Crippen LogP contribution in [-0.2, 0) is 14.3 Å². The quantitative estimate of drug-likeness (QED) is 0.727. The number of carbonyl (C=O) groups excluding carboxylic acids is 1. The van der Waals surface area contributed by atoms with E-state index in [9.17, 15) is 4.79 Å². The molecule has 3 fully saturated rings. The number of rotatable bonds is 6. The Balaban J connectivity index is 1.46. The zero-order valence-electron chi connectivity index (χ0n) is 19.9. The van der Waals surface area contributed by atoms with E-state index in [1.165, 1.54) is 29.5 Å². The molecule has 0 radical (unpaired) electrons. The third-order valence-corrected chi connectivity index (χ3v) is 7.09. The molecule has 3 aliphatic heterocycles. The summed E-state index contributed by atoms with van der Waals surface area (Å²) in [5.74, 6) is -0.599. The van der Waals surface area contributed by atoms with Crippen molar-refractivity contribution in [3.63, 3.8) is 0 Å². The molecular formula is C27H35N3O3. The van der Waals surface area contributed by atoms with Gasteiger partial charge in [0.15, 0.2) is 5.79 Å². The first-order valence-electron chi connectivity index (χ1n) is 12.2. The molecule has 33 heavy (non-hydrogen) atoms. The number of nitrogens with one attached hydrogen (secondary N) is 1. The van der Waals surface area contributed by atoms with Gasteiger partial charge in [-0.2, -0.15) is 0 Å². The van der Waals surface area contributed by atoms with Gasteiger partial charge in [-0.1, -0.05) is 54.6 Å². The van der Waals surface area contributed by atoms with E-state index in [0.29, 0.717) is 6.54 Å². The summed E-state index contributed by atoms with van der Waals surface area (Å²) in [5, 5.41) is 3.05. The van der Waals surface area contributed by atoms with Crippen molar-refractivity contribution in [1.29, 1.82) is 0 Å². The highest BCUT2D eigenvalue weighted by molar-refractivity contribution is 5.72. The minimum Gasteiger partial charge on any atom is -0.355 e. The third-order valence-electron chi connectivity index (χ3n) is 7.09. The lowest BCUT2D eigenvalue weighted by Gasteiger charge is -2.40. The maximum Gasteiger partial charge on any atom is 0.216 e. The second-order valence-corrected chi connectivity index (χ2v) is 9.94. The number of hydrogen-bond acceptors (Lipinski definition) is 5. The molecule has 2 aromatic rings. The SMILES string of the molecule is CC(=O)NC[C@H]1[C@H]2OC(C)(C)O[C@H]2CN1C(c1ccc(-c2ccccc2)cc1)N1CCCC1. The molecule has 0 spiro atoms. The van der Waals surface area contributed by atoms with Gasteiger partial charge in [-0.15, -0.1) is 0 Å². The minimum absolute atomic E-state index is 0.00690. The lowest BCUT2D eigenvalue weighted by molar-refractivity contribution is -0.167. The van der Waals surface area contributed by atoms with E-state index in [4.69, 9.17) is 9.47 Å². The zero-order valence-corrected chi connectivity index (χ0v) is 19.9. The highest BCUT2D eigenvalue weighted by Crippen LogP contribution is 2.42. The van der Waals surface area contributed by atoms with Crippen LogP contribution in [0.2, 0.25) is 0 Å². The molecule has 176 valence electrons. The van der Waals surface area contributed by atoms with Crippen molar-refractivity contribution in [3.05, 3.63) is 60.2 Å². The topological polar surface area (TPSA) is 54.0 Å². The number of fused-ring (bicyclic) bond motifs is 1. The number of ether oxygens (including phenoxy) is 2. The summed E-state index contributed by atoms with van der Waals surface area (Å²) >= 11 is 0. The molecule has 6 heteroatoms. The van der Waals surface area contributed by atoms with Gasteiger partial charge in [0.1, 0.15) is 12.2 Å². The molecule has 3 aliphatic rings. The third kappa shape index (κ3) is 4.71. The van der Waals surface area contributed by atoms with E-state index in [1.54, 1.807) is 6.92 Å². The number of amides is 1. The van der Waals surface area contributed by atoms with Crippen molar-refractivity contribution in [1.82, 2.24) is 15.1 Å². The van der Waals surface area contributed by atoms with Gasteiger partial charge in [0.05, 0.1) is 12.2 Å². The maximum absolute atomic E-state index is 11.8. The Bertz CT molecular complexity index is 956. The summed E-state index contributed by atoms with van der Waals surface area (Å²) < 4.78 is 12.6. The number of nitrogens with zero attached hydrogens (tertiary/aromatic N) is 2. The first kappa shape index (κ1) is 22.5. The van der Waals surface area contributed by atoms with Crippen molar-refractivity contribution < 1.29 is 14.3 Å². The summed E-state index contributed by atoms with van der Waals surface area (Å²) in [4.78, 5) is 16.9. The van der Waals surface area contributed by atoms with Crippen molar-refractivity contribution in [3.8, 4) is 11.1 Å². The van der Waals surface area contributed by atoms with E-state index < -0.39 is 5.79 Å². The van der Waals surface area contributed by atoms with Crippen LogP contribution < -0.4 is 5.32 Å². The van der Waals surface area contributed by atoms with Crippen LogP contribution in [-0.4, -0.2) is 65.9 Å². The monoisotopic (exact) mass is 449 g/mol. The van der Waals surface area contributed by atoms with Gasteiger partial charge in [-0.25, -0.2) is 0 Å². The minimum atomic E-state index is -0.587. The fourth-order valence-electron chi connectivity index (χ4n) is 5.70. The van der Waals surface area contributed by atoms with Crippen LogP contribution in [0.15, 0.2) is 54.6 Å². The predicted molar refractivity (Wildman–Crippen MR) is 128 cm³/mol. The van der Waals surface area contributed by atoms with Gasteiger partial charge < -0.3 is 14.8 Å². The average molecular weight is 450 g/mol. The fourth-order valence-corrected chi connectivity index (χ4v) is 5.70. The first-order valence-corrected chi connectivity index (χ1v) is 12.2. The lowest BCUT2D eigenvalue weighted by atomic mass is 10.0. The summed E-state index contributed by atoms with van der Waals surface area (Å²) in [5.41, 5.74) is 3.73. The normalized spacial score (nSPS) is 28.0. The summed E-state index contributed by atoms with van der Waals surface area (Å²) in [6.07, 6.45) is 2.52. The molecule has 5 rings (SSSR count). The van der Waals surface area contributed by atoms with Gasteiger partial charge in [-0.05, 0) is 56.5 Å². The summed E-state index contributed by atoms with van der Waals surface area (Å²) in [6, 6.07) is 19.5. The lowest BCUT2D eigenvalue weighted by Crippen LogP contribution is -2.50. The molecule has 0 saturated carbocycles. The molecule has 2 aromatic carbocycles. The van der Waals surface area contributed by atoms with Gasteiger partial charge >= 0.3 is 0 Å². The molecule has 3 heterocycles. The smallest absolute Gasteiger partial charge is 0.216 e. The molecule has 4 atom stereocenters. The van der Waals surface area contributed by atoms with Crippen LogP contribution >= 0.6 is 0 Å². The van der Waals surface area contributed by atoms with Gasteiger partial charge in [-0.3, -0.25) is 14.6 Å². The van der Waals surface area contributed by atoms with E-state index in [1.807, 2.05) is 19.9 Å². The van der Waals surface area contributed by atoms with Gasteiger partial charge in [0.25, 0.3) is 0 Å². The Kier molecular flexibility index (Phi) is 6.27. The summed E-state index contributed by atoms with van der Waals surface area (Å²) in [6.45, 7) is 9.04. The largest absolute Gasteiger partial charge is 0.355 e. The number of hydrogen-bond donors (Lipinski definition) is 1. The van der Waals surface area contributed by atoms with Crippen molar-refractivity contribution in [2.45, 2.75) is 63.8 Å². The predicted octanol–water partition coefficient (Wildman–Crippen LogP) is 3.79. The maximum atomic E-state index is 11.8.